The summed E-state index contributed by atoms with van der Waals surface area (Å²) in [6, 6.07) is 0. The van der Waals surface area contributed by atoms with E-state index < -0.39 is 8.09 Å². The van der Waals surface area contributed by atoms with E-state index in [1.54, 1.807) is 6.92 Å². The van der Waals surface area contributed by atoms with Gasteiger partial charge >= 0.3 is 64.0 Å². The number of nitrogens with zero attached hydrogens (tertiary/aromatic N) is 2. The van der Waals surface area contributed by atoms with Crippen LogP contribution in [0.15, 0.2) is 18.7 Å². The first-order valence-corrected chi connectivity index (χ1v) is 4.99. The van der Waals surface area contributed by atoms with Crippen LogP contribution < -0.4 is 0 Å². The Bertz CT molecular complexity index is 212. The molecule has 1 aromatic rings. The standard InChI is InChI=1S/C5H11N2O3P/c1-2-10-11(8,9)7-4-3-6-5-7/h3-5,8-9,11H,2H2,1H3. The van der Waals surface area contributed by atoms with E-state index in [4.69, 9.17) is 4.52 Å². The van der Waals surface area contributed by atoms with E-state index in [2.05, 4.69) is 4.98 Å². The van der Waals surface area contributed by atoms with Gasteiger partial charge in [-0.3, -0.25) is 0 Å². The van der Waals surface area contributed by atoms with Crippen molar-refractivity contribution in [1.29, 1.82) is 0 Å². The van der Waals surface area contributed by atoms with Gasteiger partial charge in [0.2, 0.25) is 0 Å². The third-order valence-corrected chi connectivity index (χ3v) is 2.79. The predicted molar refractivity (Wildman–Crippen MR) is 42.0 cm³/mol. The van der Waals surface area contributed by atoms with Gasteiger partial charge in [-0.15, -0.1) is 0 Å². The predicted octanol–water partition coefficient (Wildman–Crippen LogP) is 0.162. The molecule has 2 N–H and O–H groups in total. The summed E-state index contributed by atoms with van der Waals surface area (Å²) in [5.41, 5.74) is 0. The van der Waals surface area contributed by atoms with Crippen LogP contribution in [0, 0.1) is 0 Å². The summed E-state index contributed by atoms with van der Waals surface area (Å²) in [6.45, 7) is 1.97. The van der Waals surface area contributed by atoms with Gasteiger partial charge in [-0.2, -0.15) is 0 Å². The van der Waals surface area contributed by atoms with E-state index in [0.29, 0.717) is 0 Å². The number of hydrogen-bond acceptors (Lipinski definition) is 4. The van der Waals surface area contributed by atoms with E-state index in [9.17, 15) is 9.79 Å². The zero-order valence-electron chi connectivity index (χ0n) is 6.14. The van der Waals surface area contributed by atoms with Crippen molar-refractivity contribution in [2.45, 2.75) is 6.92 Å². The van der Waals surface area contributed by atoms with Crippen LogP contribution in [0.1, 0.15) is 6.92 Å². The molecule has 0 bridgehead atoms. The van der Waals surface area contributed by atoms with Gasteiger partial charge in [-0.05, 0) is 0 Å². The van der Waals surface area contributed by atoms with Gasteiger partial charge < -0.3 is 0 Å². The Morgan fingerprint density at radius 1 is 1.64 bits per heavy atom. The Balaban J connectivity index is 2.73. The molecule has 0 aliphatic carbocycles. The molecule has 1 rings (SSSR count). The van der Waals surface area contributed by atoms with Crippen molar-refractivity contribution in [3.63, 3.8) is 0 Å². The van der Waals surface area contributed by atoms with Crippen molar-refractivity contribution in [2.24, 2.45) is 0 Å². The van der Waals surface area contributed by atoms with Crippen LogP contribution in [0.3, 0.4) is 0 Å². The second kappa shape index (κ2) is 3.28. The second-order valence-corrected chi connectivity index (χ2v) is 3.93. The monoisotopic (exact) mass is 178 g/mol. The molecule has 0 radical (unpaired) electrons. The molecule has 5 nitrogen and oxygen atoms in total. The molecule has 0 aliphatic rings. The summed E-state index contributed by atoms with van der Waals surface area (Å²) in [5.74, 6) is 0. The van der Waals surface area contributed by atoms with Crippen molar-refractivity contribution in [1.82, 2.24) is 9.32 Å². The van der Waals surface area contributed by atoms with Crippen LogP contribution in [0.2, 0.25) is 0 Å². The van der Waals surface area contributed by atoms with Crippen molar-refractivity contribution in [3.05, 3.63) is 18.7 Å². The fourth-order valence-corrected chi connectivity index (χ4v) is 1.71. The quantitative estimate of drug-likeness (QED) is 0.647. The summed E-state index contributed by atoms with van der Waals surface area (Å²) in [6.07, 6.45) is 4.25. The molecule has 0 saturated heterocycles. The van der Waals surface area contributed by atoms with E-state index in [-0.39, 0.29) is 6.61 Å². The number of rotatable bonds is 3. The van der Waals surface area contributed by atoms with Gasteiger partial charge in [0.15, 0.2) is 0 Å². The van der Waals surface area contributed by atoms with Crippen LogP contribution >= 0.6 is 8.09 Å². The first-order valence-electron chi connectivity index (χ1n) is 3.24. The van der Waals surface area contributed by atoms with Gasteiger partial charge in [0, 0.05) is 0 Å². The van der Waals surface area contributed by atoms with Gasteiger partial charge in [-0.1, -0.05) is 0 Å². The third kappa shape index (κ3) is 1.97. The normalized spacial score (nSPS) is 13.4. The third-order valence-electron chi connectivity index (χ3n) is 1.18. The molecule has 0 aliphatic heterocycles. The molecular formula is C5H11N2O3P. The Hall–Kier alpha value is -0.480. The summed E-state index contributed by atoms with van der Waals surface area (Å²) in [4.78, 5) is 22.2. The molecule has 1 heterocycles. The van der Waals surface area contributed by atoms with Gasteiger partial charge in [0.1, 0.15) is 0 Å². The maximum atomic E-state index is 9.27. The minimum absolute atomic E-state index is 0.275. The van der Waals surface area contributed by atoms with Crippen molar-refractivity contribution < 1.29 is 14.3 Å². The van der Waals surface area contributed by atoms with E-state index in [0.717, 1.165) is 0 Å². The van der Waals surface area contributed by atoms with Crippen molar-refractivity contribution >= 4 is 8.09 Å². The molecule has 0 aromatic carbocycles. The number of aromatic nitrogens is 2. The SMILES string of the molecule is CCO[PH](O)(O)n1ccnc1. The molecule has 0 spiro atoms. The second-order valence-electron chi connectivity index (χ2n) is 1.98. The number of hydrogen-bond donors (Lipinski definition) is 2. The van der Waals surface area contributed by atoms with Gasteiger partial charge in [-0.25, -0.2) is 0 Å². The molecular weight excluding hydrogens is 167 g/mol. The van der Waals surface area contributed by atoms with E-state index in [1.807, 2.05) is 0 Å². The summed E-state index contributed by atoms with van der Waals surface area (Å²) in [7, 11) is -3.67. The fourth-order valence-electron chi connectivity index (χ4n) is 0.700. The molecule has 64 valence electrons. The number of imidazole rings is 1. The molecule has 6 heteroatoms. The fraction of sp³-hybridized carbons (Fsp3) is 0.400. The summed E-state index contributed by atoms with van der Waals surface area (Å²) in [5, 5.41) is 0. The Kier molecular flexibility index (Phi) is 2.57. The summed E-state index contributed by atoms with van der Waals surface area (Å²) >= 11 is 0. The zero-order chi connectivity index (χ0) is 8.32. The molecule has 1 aromatic heterocycles. The molecule has 0 atom stereocenters. The Morgan fingerprint density at radius 2 is 2.36 bits per heavy atom. The minimum atomic E-state index is -3.67. The Morgan fingerprint density at radius 3 is 2.82 bits per heavy atom. The van der Waals surface area contributed by atoms with E-state index in [1.165, 1.54) is 23.1 Å². The van der Waals surface area contributed by atoms with Crippen LogP contribution in [0.5, 0.6) is 0 Å². The van der Waals surface area contributed by atoms with Gasteiger partial charge in [0.05, 0.1) is 0 Å². The molecule has 0 saturated carbocycles. The van der Waals surface area contributed by atoms with Crippen LogP contribution in [0.4, 0.5) is 0 Å². The average Bonchev–Trinajstić information content (AvgIpc) is 2.37. The molecule has 11 heavy (non-hydrogen) atoms. The molecule has 0 fully saturated rings. The topological polar surface area (TPSA) is 67.5 Å². The summed E-state index contributed by atoms with van der Waals surface area (Å²) < 4.78 is 5.94. The van der Waals surface area contributed by atoms with Crippen LogP contribution in [0.25, 0.3) is 0 Å². The van der Waals surface area contributed by atoms with Crippen LogP contribution in [-0.4, -0.2) is 25.7 Å². The Labute approximate surface area is 64.9 Å². The average molecular weight is 178 g/mol. The first kappa shape index (κ1) is 8.62. The maximum absolute atomic E-state index is 9.27. The van der Waals surface area contributed by atoms with Gasteiger partial charge in [0.25, 0.3) is 0 Å². The molecule has 0 unspecified atom stereocenters. The van der Waals surface area contributed by atoms with Crippen molar-refractivity contribution in [2.75, 3.05) is 6.61 Å². The van der Waals surface area contributed by atoms with Crippen LogP contribution in [-0.2, 0) is 4.52 Å². The zero-order valence-corrected chi connectivity index (χ0v) is 7.14. The van der Waals surface area contributed by atoms with Crippen molar-refractivity contribution in [3.8, 4) is 0 Å². The van der Waals surface area contributed by atoms with E-state index >= 15 is 0 Å². The molecule has 0 amide bonds. The first-order chi connectivity index (χ1) is 5.17.